The lowest BCUT2D eigenvalue weighted by Crippen LogP contribution is -2.09. The standard InChI is InChI=1S/C13H15BrClN5O/c1-3-6-16-11-18-12(20-13(19-11)21-2)17-10-7-8(15)4-5-9(10)14/h4-5,7H,3,6H2,1-2H3,(H2,16,17,18,19,20). The van der Waals surface area contributed by atoms with Crippen molar-refractivity contribution in [1.29, 1.82) is 0 Å². The van der Waals surface area contributed by atoms with E-state index in [1.807, 2.05) is 6.07 Å². The molecule has 0 unspecified atom stereocenters. The normalized spacial score (nSPS) is 10.3. The lowest BCUT2D eigenvalue weighted by atomic mass is 10.3. The van der Waals surface area contributed by atoms with E-state index < -0.39 is 0 Å². The molecule has 0 saturated heterocycles. The first-order valence-electron chi connectivity index (χ1n) is 6.38. The molecule has 2 N–H and O–H groups in total. The third-order valence-corrected chi connectivity index (χ3v) is 3.43. The van der Waals surface area contributed by atoms with Crippen LogP contribution < -0.4 is 15.4 Å². The lowest BCUT2D eigenvalue weighted by molar-refractivity contribution is 0.379. The number of nitrogens with one attached hydrogen (secondary N) is 2. The fourth-order valence-corrected chi connectivity index (χ4v) is 2.05. The molecule has 1 aromatic heterocycles. The van der Waals surface area contributed by atoms with Gasteiger partial charge in [-0.3, -0.25) is 0 Å². The minimum Gasteiger partial charge on any atom is -0.467 e. The van der Waals surface area contributed by atoms with Crippen LogP contribution >= 0.6 is 27.5 Å². The molecule has 0 amide bonds. The highest BCUT2D eigenvalue weighted by Gasteiger charge is 2.09. The van der Waals surface area contributed by atoms with Gasteiger partial charge >= 0.3 is 6.01 Å². The van der Waals surface area contributed by atoms with E-state index in [0.717, 1.165) is 23.1 Å². The maximum absolute atomic E-state index is 5.99. The molecule has 0 spiro atoms. The summed E-state index contributed by atoms with van der Waals surface area (Å²) < 4.78 is 5.94. The van der Waals surface area contributed by atoms with Crippen LogP contribution in [0.4, 0.5) is 17.6 Å². The molecular formula is C13H15BrClN5O. The van der Waals surface area contributed by atoms with Gasteiger partial charge in [-0.25, -0.2) is 0 Å². The van der Waals surface area contributed by atoms with Crippen LogP contribution in [0.25, 0.3) is 0 Å². The maximum Gasteiger partial charge on any atom is 0.322 e. The minimum absolute atomic E-state index is 0.240. The third kappa shape index (κ3) is 4.44. The highest BCUT2D eigenvalue weighted by Crippen LogP contribution is 2.28. The number of halogens is 2. The number of hydrogen-bond acceptors (Lipinski definition) is 6. The first-order chi connectivity index (χ1) is 10.1. The zero-order valence-electron chi connectivity index (χ0n) is 11.7. The van der Waals surface area contributed by atoms with Crippen LogP contribution in [0.5, 0.6) is 6.01 Å². The molecule has 0 aliphatic rings. The van der Waals surface area contributed by atoms with E-state index >= 15 is 0 Å². The summed E-state index contributed by atoms with van der Waals surface area (Å²) in [7, 11) is 1.51. The van der Waals surface area contributed by atoms with Crippen molar-refractivity contribution in [3.8, 4) is 6.01 Å². The fraction of sp³-hybridized carbons (Fsp3) is 0.308. The van der Waals surface area contributed by atoms with Crippen LogP contribution in [0.1, 0.15) is 13.3 Å². The molecule has 21 heavy (non-hydrogen) atoms. The quantitative estimate of drug-likeness (QED) is 0.802. The summed E-state index contributed by atoms with van der Waals surface area (Å²) in [5.74, 6) is 0.841. The van der Waals surface area contributed by atoms with E-state index in [-0.39, 0.29) is 6.01 Å². The van der Waals surface area contributed by atoms with Gasteiger partial charge in [-0.2, -0.15) is 15.0 Å². The van der Waals surface area contributed by atoms with E-state index in [1.165, 1.54) is 7.11 Å². The van der Waals surface area contributed by atoms with Gasteiger partial charge in [0.1, 0.15) is 0 Å². The number of methoxy groups -OCH3 is 1. The van der Waals surface area contributed by atoms with Gasteiger partial charge in [0.15, 0.2) is 0 Å². The second kappa shape index (κ2) is 7.42. The number of anilines is 3. The average Bonchev–Trinajstić information content (AvgIpc) is 2.48. The highest BCUT2D eigenvalue weighted by molar-refractivity contribution is 9.10. The number of nitrogens with zero attached hydrogens (tertiary/aromatic N) is 3. The molecule has 1 heterocycles. The highest BCUT2D eigenvalue weighted by atomic mass is 79.9. The van der Waals surface area contributed by atoms with E-state index in [9.17, 15) is 0 Å². The number of benzene rings is 1. The molecule has 0 radical (unpaired) electrons. The summed E-state index contributed by atoms with van der Waals surface area (Å²) >= 11 is 9.44. The molecule has 0 atom stereocenters. The fourth-order valence-electron chi connectivity index (χ4n) is 1.53. The molecule has 6 nitrogen and oxygen atoms in total. The summed E-state index contributed by atoms with van der Waals surface area (Å²) in [6.07, 6.45) is 0.969. The van der Waals surface area contributed by atoms with Crippen LogP contribution in [0, 0.1) is 0 Å². The van der Waals surface area contributed by atoms with Crippen molar-refractivity contribution in [3.05, 3.63) is 27.7 Å². The number of hydrogen-bond donors (Lipinski definition) is 2. The second-order valence-electron chi connectivity index (χ2n) is 4.15. The van der Waals surface area contributed by atoms with Gasteiger partial charge in [0.2, 0.25) is 11.9 Å². The van der Waals surface area contributed by atoms with Crippen molar-refractivity contribution >= 4 is 45.1 Å². The monoisotopic (exact) mass is 371 g/mol. The van der Waals surface area contributed by atoms with Crippen molar-refractivity contribution in [2.45, 2.75) is 13.3 Å². The molecule has 0 saturated carbocycles. The van der Waals surface area contributed by atoms with Crippen molar-refractivity contribution in [3.63, 3.8) is 0 Å². The van der Waals surface area contributed by atoms with Gasteiger partial charge in [0.25, 0.3) is 0 Å². The molecular weight excluding hydrogens is 358 g/mol. The Morgan fingerprint density at radius 1 is 1.24 bits per heavy atom. The topological polar surface area (TPSA) is 72.0 Å². The van der Waals surface area contributed by atoms with Crippen LogP contribution in [0.15, 0.2) is 22.7 Å². The molecule has 2 aromatic rings. The van der Waals surface area contributed by atoms with E-state index in [2.05, 4.69) is 48.4 Å². The summed E-state index contributed by atoms with van der Waals surface area (Å²) in [5, 5.41) is 6.81. The molecule has 0 bridgehead atoms. The van der Waals surface area contributed by atoms with Gasteiger partial charge in [-0.1, -0.05) is 18.5 Å². The number of rotatable bonds is 6. The predicted molar refractivity (Wildman–Crippen MR) is 87.6 cm³/mol. The Bertz CT molecular complexity index is 626. The lowest BCUT2D eigenvalue weighted by Gasteiger charge is -2.10. The summed E-state index contributed by atoms with van der Waals surface area (Å²) in [6, 6.07) is 5.66. The molecule has 8 heteroatoms. The van der Waals surface area contributed by atoms with Crippen molar-refractivity contribution in [2.24, 2.45) is 0 Å². The zero-order chi connectivity index (χ0) is 15.2. The van der Waals surface area contributed by atoms with Gasteiger partial charge < -0.3 is 15.4 Å². The Labute approximate surface area is 136 Å². The smallest absolute Gasteiger partial charge is 0.322 e. The van der Waals surface area contributed by atoms with Crippen molar-refractivity contribution < 1.29 is 4.74 Å². The Kier molecular flexibility index (Phi) is 5.58. The third-order valence-electron chi connectivity index (χ3n) is 2.51. The maximum atomic E-state index is 5.99. The Morgan fingerprint density at radius 2 is 2.00 bits per heavy atom. The van der Waals surface area contributed by atoms with Crippen molar-refractivity contribution in [1.82, 2.24) is 15.0 Å². The molecule has 0 aliphatic carbocycles. The SMILES string of the molecule is CCCNc1nc(Nc2cc(Cl)ccc2Br)nc(OC)n1. The molecule has 0 aliphatic heterocycles. The molecule has 0 fully saturated rings. The Balaban J connectivity index is 2.27. The average molecular weight is 373 g/mol. The van der Waals surface area contributed by atoms with Crippen LogP contribution in [0.3, 0.4) is 0 Å². The van der Waals surface area contributed by atoms with Gasteiger partial charge in [-0.05, 0) is 40.5 Å². The molecule has 1 aromatic carbocycles. The van der Waals surface area contributed by atoms with Gasteiger partial charge in [0, 0.05) is 16.0 Å². The van der Waals surface area contributed by atoms with Gasteiger partial charge in [0.05, 0.1) is 12.8 Å². The minimum atomic E-state index is 0.240. The van der Waals surface area contributed by atoms with Crippen LogP contribution in [-0.4, -0.2) is 28.6 Å². The largest absolute Gasteiger partial charge is 0.467 e. The zero-order valence-corrected chi connectivity index (χ0v) is 14.0. The first-order valence-corrected chi connectivity index (χ1v) is 7.55. The molecule has 2 rings (SSSR count). The van der Waals surface area contributed by atoms with Gasteiger partial charge in [-0.15, -0.1) is 0 Å². The van der Waals surface area contributed by atoms with E-state index in [4.69, 9.17) is 16.3 Å². The first kappa shape index (κ1) is 15.8. The summed E-state index contributed by atoms with van der Waals surface area (Å²) in [4.78, 5) is 12.6. The van der Waals surface area contributed by atoms with E-state index in [0.29, 0.717) is 16.9 Å². The van der Waals surface area contributed by atoms with Crippen LogP contribution in [-0.2, 0) is 0 Å². The Morgan fingerprint density at radius 3 is 2.71 bits per heavy atom. The molecule has 112 valence electrons. The number of aromatic nitrogens is 3. The second-order valence-corrected chi connectivity index (χ2v) is 5.44. The van der Waals surface area contributed by atoms with Crippen molar-refractivity contribution in [2.75, 3.05) is 24.3 Å². The summed E-state index contributed by atoms with van der Waals surface area (Å²) in [6.45, 7) is 2.83. The Hall–Kier alpha value is -1.60. The number of ether oxygens (including phenoxy) is 1. The predicted octanol–water partition coefficient (Wildman–Crippen LogP) is 3.86. The summed E-state index contributed by atoms with van der Waals surface area (Å²) in [5.41, 5.74) is 0.761. The van der Waals surface area contributed by atoms with Crippen LogP contribution in [0.2, 0.25) is 5.02 Å². The van der Waals surface area contributed by atoms with E-state index in [1.54, 1.807) is 12.1 Å².